The second kappa shape index (κ2) is 3.37. The van der Waals surface area contributed by atoms with E-state index in [2.05, 4.69) is 0 Å². The van der Waals surface area contributed by atoms with Gasteiger partial charge in [-0.25, -0.2) is 0 Å². The molecular weight excluding hydrogens is 146 g/mol. The number of hydrogen-bond acceptors (Lipinski definition) is 1. The highest BCUT2D eigenvalue weighted by molar-refractivity contribution is 4.95. The zero-order valence-electron chi connectivity index (χ0n) is 8.02. The third-order valence-corrected chi connectivity index (χ3v) is 3.93. The second-order valence-electron chi connectivity index (χ2n) is 4.74. The molecule has 2 N–H and O–H groups in total. The van der Waals surface area contributed by atoms with E-state index in [0.29, 0.717) is 5.41 Å². The lowest BCUT2D eigenvalue weighted by Crippen LogP contribution is -2.29. The Morgan fingerprint density at radius 2 is 1.75 bits per heavy atom. The van der Waals surface area contributed by atoms with Gasteiger partial charge in [-0.05, 0) is 50.0 Å². The topological polar surface area (TPSA) is 26.0 Å². The van der Waals surface area contributed by atoms with Crippen LogP contribution in [0, 0.1) is 11.3 Å². The van der Waals surface area contributed by atoms with E-state index >= 15 is 0 Å². The predicted octanol–water partition coefficient (Wildman–Crippen LogP) is 2.70. The van der Waals surface area contributed by atoms with Gasteiger partial charge >= 0.3 is 0 Å². The lowest BCUT2D eigenvalue weighted by atomic mass is 9.68. The molecule has 2 rings (SSSR count). The van der Waals surface area contributed by atoms with Gasteiger partial charge in [0.2, 0.25) is 0 Å². The molecule has 0 bridgehead atoms. The highest BCUT2D eigenvalue weighted by atomic mass is 14.6. The molecule has 12 heavy (non-hydrogen) atoms. The van der Waals surface area contributed by atoms with E-state index in [4.69, 9.17) is 5.73 Å². The van der Waals surface area contributed by atoms with Crippen LogP contribution in [0.25, 0.3) is 0 Å². The van der Waals surface area contributed by atoms with Gasteiger partial charge in [0.1, 0.15) is 0 Å². The minimum absolute atomic E-state index is 0.715. The maximum Gasteiger partial charge on any atom is -0.00719 e. The van der Waals surface area contributed by atoms with Crippen LogP contribution in [0.5, 0.6) is 0 Å². The van der Waals surface area contributed by atoms with Crippen molar-refractivity contribution in [3.8, 4) is 0 Å². The summed E-state index contributed by atoms with van der Waals surface area (Å²) in [6.45, 7) is 0.913. The summed E-state index contributed by atoms with van der Waals surface area (Å²) in [6, 6.07) is 0. The Hall–Kier alpha value is -0.0400. The van der Waals surface area contributed by atoms with Gasteiger partial charge in [0.15, 0.2) is 0 Å². The van der Waals surface area contributed by atoms with Gasteiger partial charge in [0.05, 0.1) is 0 Å². The summed E-state index contributed by atoms with van der Waals surface area (Å²) in [5.41, 5.74) is 6.43. The molecule has 2 aliphatic rings. The molecule has 0 aromatic rings. The number of rotatable bonds is 3. The van der Waals surface area contributed by atoms with E-state index < -0.39 is 0 Å². The highest BCUT2D eigenvalue weighted by Gasteiger charge is 2.44. The molecule has 2 aliphatic carbocycles. The first-order chi connectivity index (χ1) is 5.87. The molecule has 70 valence electrons. The lowest BCUT2D eigenvalue weighted by molar-refractivity contribution is 0.142. The van der Waals surface area contributed by atoms with Gasteiger partial charge in [-0.2, -0.15) is 0 Å². The molecule has 0 atom stereocenters. The molecule has 0 amide bonds. The van der Waals surface area contributed by atoms with Gasteiger partial charge in [-0.15, -0.1) is 0 Å². The summed E-state index contributed by atoms with van der Waals surface area (Å²) >= 11 is 0. The van der Waals surface area contributed by atoms with Gasteiger partial charge in [0.25, 0.3) is 0 Å². The van der Waals surface area contributed by atoms with Crippen molar-refractivity contribution in [2.45, 2.75) is 51.4 Å². The molecule has 2 saturated carbocycles. The van der Waals surface area contributed by atoms with Crippen molar-refractivity contribution in [3.63, 3.8) is 0 Å². The van der Waals surface area contributed by atoms with Gasteiger partial charge in [-0.1, -0.05) is 19.3 Å². The molecule has 0 radical (unpaired) electrons. The minimum Gasteiger partial charge on any atom is -0.330 e. The van der Waals surface area contributed by atoms with E-state index in [1.165, 1.54) is 51.4 Å². The molecule has 0 unspecified atom stereocenters. The van der Waals surface area contributed by atoms with Crippen LogP contribution in [0.1, 0.15) is 51.4 Å². The largest absolute Gasteiger partial charge is 0.330 e. The van der Waals surface area contributed by atoms with E-state index in [-0.39, 0.29) is 0 Å². The van der Waals surface area contributed by atoms with Gasteiger partial charge in [0, 0.05) is 0 Å². The summed E-state index contributed by atoms with van der Waals surface area (Å²) in [7, 11) is 0. The molecule has 0 spiro atoms. The fourth-order valence-electron chi connectivity index (χ4n) is 3.10. The molecule has 0 aromatic carbocycles. The Morgan fingerprint density at radius 3 is 2.25 bits per heavy atom. The quantitative estimate of drug-likeness (QED) is 0.687. The molecular formula is C11H21N. The smallest absolute Gasteiger partial charge is 0.00719 e. The third-order valence-electron chi connectivity index (χ3n) is 3.93. The van der Waals surface area contributed by atoms with Crippen LogP contribution < -0.4 is 5.73 Å². The fourth-order valence-corrected chi connectivity index (χ4v) is 3.10. The third kappa shape index (κ3) is 1.52. The molecule has 0 aliphatic heterocycles. The predicted molar refractivity (Wildman–Crippen MR) is 51.9 cm³/mol. The van der Waals surface area contributed by atoms with Crippen molar-refractivity contribution in [1.82, 2.24) is 0 Å². The normalized spacial score (nSPS) is 28.8. The number of nitrogens with two attached hydrogens (primary N) is 1. The highest BCUT2D eigenvalue weighted by Crippen LogP contribution is 2.55. The van der Waals surface area contributed by atoms with Gasteiger partial charge in [-0.3, -0.25) is 0 Å². The van der Waals surface area contributed by atoms with Crippen molar-refractivity contribution in [2.75, 3.05) is 6.54 Å². The average Bonchev–Trinajstić information content (AvgIpc) is 2.89. The van der Waals surface area contributed by atoms with Crippen molar-refractivity contribution < 1.29 is 0 Å². The van der Waals surface area contributed by atoms with E-state index in [0.717, 1.165) is 12.5 Å². The molecule has 2 fully saturated rings. The molecule has 0 aromatic heterocycles. The summed E-state index contributed by atoms with van der Waals surface area (Å²) < 4.78 is 0. The van der Waals surface area contributed by atoms with Crippen LogP contribution >= 0.6 is 0 Å². The van der Waals surface area contributed by atoms with Crippen molar-refractivity contribution >= 4 is 0 Å². The first-order valence-corrected chi connectivity index (χ1v) is 5.57. The first kappa shape index (κ1) is 8.55. The maximum atomic E-state index is 5.71. The molecule has 1 nitrogen and oxygen atoms in total. The zero-order chi connectivity index (χ0) is 8.44. The van der Waals surface area contributed by atoms with Crippen LogP contribution in [0.15, 0.2) is 0 Å². The Morgan fingerprint density at radius 1 is 1.08 bits per heavy atom. The second-order valence-corrected chi connectivity index (χ2v) is 4.74. The lowest BCUT2D eigenvalue weighted by Gasteiger charge is -2.37. The Balaban J connectivity index is 1.98. The van der Waals surface area contributed by atoms with Crippen LogP contribution in [0.4, 0.5) is 0 Å². The van der Waals surface area contributed by atoms with Crippen LogP contribution in [0.3, 0.4) is 0 Å². The Labute approximate surface area is 75.7 Å². The summed E-state index contributed by atoms with van der Waals surface area (Å²) in [6.07, 6.45) is 11.7. The average molecular weight is 167 g/mol. The minimum atomic E-state index is 0.715. The van der Waals surface area contributed by atoms with E-state index in [1.807, 2.05) is 0 Å². The zero-order valence-corrected chi connectivity index (χ0v) is 8.02. The van der Waals surface area contributed by atoms with Crippen LogP contribution in [-0.2, 0) is 0 Å². The van der Waals surface area contributed by atoms with Gasteiger partial charge < -0.3 is 5.73 Å². The monoisotopic (exact) mass is 167 g/mol. The Kier molecular flexibility index (Phi) is 2.40. The van der Waals surface area contributed by atoms with Crippen LogP contribution in [0.2, 0.25) is 0 Å². The van der Waals surface area contributed by atoms with Crippen molar-refractivity contribution in [1.29, 1.82) is 0 Å². The first-order valence-electron chi connectivity index (χ1n) is 5.57. The summed E-state index contributed by atoms with van der Waals surface area (Å²) in [4.78, 5) is 0. The molecule has 0 saturated heterocycles. The Bertz CT molecular complexity index is 138. The maximum absolute atomic E-state index is 5.71. The molecule has 1 heteroatoms. The number of hydrogen-bond donors (Lipinski definition) is 1. The summed E-state index contributed by atoms with van der Waals surface area (Å²) in [5, 5.41) is 0. The van der Waals surface area contributed by atoms with Crippen LogP contribution in [-0.4, -0.2) is 6.54 Å². The van der Waals surface area contributed by atoms with Crippen molar-refractivity contribution in [2.24, 2.45) is 17.1 Å². The van der Waals surface area contributed by atoms with Crippen molar-refractivity contribution in [3.05, 3.63) is 0 Å². The molecule has 0 heterocycles. The SMILES string of the molecule is NCCC1(C2CC2)CCCCC1. The summed E-state index contributed by atoms with van der Waals surface area (Å²) in [5.74, 6) is 1.07. The van der Waals surface area contributed by atoms with E-state index in [1.54, 1.807) is 0 Å². The standard InChI is InChI=1S/C11H21N/c12-9-8-11(10-4-5-10)6-2-1-3-7-11/h10H,1-9,12H2. The fraction of sp³-hybridized carbons (Fsp3) is 1.00. The van der Waals surface area contributed by atoms with E-state index in [9.17, 15) is 0 Å².